The lowest BCUT2D eigenvalue weighted by Gasteiger charge is -2.23. The zero-order valence-corrected chi connectivity index (χ0v) is 22.1. The van der Waals surface area contributed by atoms with Crippen molar-refractivity contribution in [3.05, 3.63) is 98.9 Å². The van der Waals surface area contributed by atoms with Crippen LogP contribution in [-0.2, 0) is 15.7 Å². The molecule has 4 aromatic rings. The summed E-state index contributed by atoms with van der Waals surface area (Å²) in [7, 11) is -4.30. The van der Waals surface area contributed by atoms with E-state index in [0.29, 0.717) is 17.1 Å². The second kappa shape index (κ2) is 10.2. The zero-order valence-electron chi connectivity index (χ0n) is 21.2. The average molecular weight is 509 g/mol. The van der Waals surface area contributed by atoms with Crippen LogP contribution < -0.4 is 14.0 Å². The standard InChI is InChI=1S/C27H29N2O6P/c1-17-12-19(3)26(20(4)13-17)33-36(31,34-27-21(5)14-18(2)15-22(27)6)32-16-24-25(28-35-29(24)30)23-10-8-7-9-11-23/h7-15H,16H2,1-6H3. The summed E-state index contributed by atoms with van der Waals surface area (Å²) in [5, 5.41) is 16.2. The second-order valence-corrected chi connectivity index (χ2v) is 10.5. The van der Waals surface area contributed by atoms with E-state index >= 15 is 0 Å². The first-order valence-electron chi connectivity index (χ1n) is 11.5. The fourth-order valence-electron chi connectivity index (χ4n) is 4.26. The third-order valence-corrected chi connectivity index (χ3v) is 6.98. The van der Waals surface area contributed by atoms with Crippen LogP contribution in [0.1, 0.15) is 39.1 Å². The van der Waals surface area contributed by atoms with E-state index in [2.05, 4.69) is 5.16 Å². The molecule has 8 nitrogen and oxygen atoms in total. The van der Waals surface area contributed by atoms with Crippen LogP contribution in [-0.4, -0.2) is 5.16 Å². The third kappa shape index (κ3) is 5.45. The largest absolute Gasteiger partial charge is 0.588 e. The van der Waals surface area contributed by atoms with Crippen molar-refractivity contribution in [3.63, 3.8) is 0 Å². The van der Waals surface area contributed by atoms with Crippen LogP contribution in [0.4, 0.5) is 0 Å². The number of aromatic nitrogens is 2. The Balaban J connectivity index is 1.72. The van der Waals surface area contributed by atoms with E-state index in [9.17, 15) is 9.77 Å². The number of aryl methyl sites for hydroxylation is 6. The molecule has 0 aliphatic carbocycles. The minimum absolute atomic E-state index is 0.0447. The molecule has 9 heteroatoms. The van der Waals surface area contributed by atoms with Gasteiger partial charge in [-0.1, -0.05) is 65.7 Å². The first-order valence-corrected chi connectivity index (χ1v) is 13.0. The summed E-state index contributed by atoms with van der Waals surface area (Å²) in [6, 6.07) is 16.7. The molecule has 0 N–H and O–H groups in total. The van der Waals surface area contributed by atoms with Crippen LogP contribution in [0.15, 0.2) is 59.2 Å². The maximum atomic E-state index is 14.2. The molecule has 0 spiro atoms. The summed E-state index contributed by atoms with van der Waals surface area (Å²) < 4.78 is 36.8. The quantitative estimate of drug-likeness (QED) is 0.195. The molecule has 36 heavy (non-hydrogen) atoms. The number of rotatable bonds is 8. The zero-order chi connectivity index (χ0) is 26.0. The van der Waals surface area contributed by atoms with Crippen LogP contribution in [0.2, 0.25) is 0 Å². The van der Waals surface area contributed by atoms with Gasteiger partial charge in [0.25, 0.3) is 5.69 Å². The van der Waals surface area contributed by atoms with Gasteiger partial charge in [0.05, 0.1) is 0 Å². The van der Waals surface area contributed by atoms with Gasteiger partial charge in [-0.3, -0.25) is 9.15 Å². The Kier molecular flexibility index (Phi) is 7.20. The molecular weight excluding hydrogens is 479 g/mol. The average Bonchev–Trinajstić information content (AvgIpc) is 3.18. The summed E-state index contributed by atoms with van der Waals surface area (Å²) in [5.41, 5.74) is 6.20. The summed E-state index contributed by atoms with van der Waals surface area (Å²) in [6.07, 6.45) is 0. The maximum absolute atomic E-state index is 14.2. The number of hydrogen-bond donors (Lipinski definition) is 0. The molecule has 0 bridgehead atoms. The van der Waals surface area contributed by atoms with Gasteiger partial charge in [0, 0.05) is 10.7 Å². The van der Waals surface area contributed by atoms with Crippen molar-refractivity contribution in [1.29, 1.82) is 0 Å². The van der Waals surface area contributed by atoms with E-state index in [-0.39, 0.29) is 16.3 Å². The van der Waals surface area contributed by atoms with Crippen molar-refractivity contribution in [2.24, 2.45) is 0 Å². The van der Waals surface area contributed by atoms with Crippen LogP contribution in [0, 0.1) is 46.7 Å². The number of hydrogen-bond acceptors (Lipinski definition) is 7. The Morgan fingerprint density at radius 1 is 0.833 bits per heavy atom. The molecule has 4 rings (SSSR count). The Morgan fingerprint density at radius 2 is 1.31 bits per heavy atom. The highest BCUT2D eigenvalue weighted by atomic mass is 31.2. The van der Waals surface area contributed by atoms with Crippen molar-refractivity contribution < 1.29 is 27.7 Å². The molecule has 0 radical (unpaired) electrons. The summed E-state index contributed by atoms with van der Waals surface area (Å²) in [6.45, 7) is 11.0. The maximum Gasteiger partial charge on any atom is 0.588 e. The molecule has 1 heterocycles. The van der Waals surface area contributed by atoms with Gasteiger partial charge < -0.3 is 14.3 Å². The highest BCUT2D eigenvalue weighted by molar-refractivity contribution is 7.49. The molecule has 0 aliphatic rings. The highest BCUT2D eigenvalue weighted by Crippen LogP contribution is 2.53. The Hall–Kier alpha value is -3.61. The monoisotopic (exact) mass is 508 g/mol. The fourth-order valence-corrected chi connectivity index (χ4v) is 5.71. The van der Waals surface area contributed by atoms with Crippen LogP contribution in [0.3, 0.4) is 0 Å². The topological polar surface area (TPSA) is 97.7 Å². The van der Waals surface area contributed by atoms with E-state index in [1.54, 1.807) is 12.1 Å². The van der Waals surface area contributed by atoms with E-state index < -0.39 is 14.4 Å². The first-order chi connectivity index (χ1) is 17.1. The molecule has 0 atom stereocenters. The van der Waals surface area contributed by atoms with Crippen LogP contribution >= 0.6 is 7.82 Å². The molecule has 0 fully saturated rings. The smallest absolute Gasteiger partial charge is 0.394 e. The molecule has 1 aromatic heterocycles. The third-order valence-electron chi connectivity index (χ3n) is 5.72. The van der Waals surface area contributed by atoms with Gasteiger partial charge in [-0.15, -0.1) is 0 Å². The lowest BCUT2D eigenvalue weighted by atomic mass is 10.1. The molecule has 0 saturated heterocycles. The number of benzene rings is 3. The van der Waals surface area contributed by atoms with Gasteiger partial charge in [-0.25, -0.2) is 4.57 Å². The highest BCUT2D eigenvalue weighted by Gasteiger charge is 2.36. The SMILES string of the molecule is Cc1cc(C)c(OP(=O)(OCc2c(-c3ccccc3)no[n+]2[O-])Oc2c(C)cc(C)cc2C)c(C)c1. The lowest BCUT2D eigenvalue weighted by molar-refractivity contribution is -0.808. The molecule has 0 aliphatic heterocycles. The van der Waals surface area contributed by atoms with Crippen LogP contribution in [0.25, 0.3) is 11.3 Å². The molecule has 0 amide bonds. The summed E-state index contributed by atoms with van der Waals surface area (Å²) >= 11 is 0. The fraction of sp³-hybridized carbons (Fsp3) is 0.259. The summed E-state index contributed by atoms with van der Waals surface area (Å²) in [5.74, 6) is 0.796. The number of phosphoric ester groups is 1. The molecular formula is C27H29N2O6P. The van der Waals surface area contributed by atoms with Crippen molar-refractivity contribution in [3.8, 4) is 22.8 Å². The normalized spacial score (nSPS) is 11.5. The number of nitrogens with zero attached hydrogens (tertiary/aromatic N) is 2. The molecule has 0 unspecified atom stereocenters. The van der Waals surface area contributed by atoms with Gasteiger partial charge in [-0.05, 0) is 68.7 Å². The molecule has 3 aromatic carbocycles. The second-order valence-electron chi connectivity index (χ2n) is 8.95. The Labute approximate surface area is 210 Å². The molecule has 188 valence electrons. The van der Waals surface area contributed by atoms with Crippen molar-refractivity contribution in [2.45, 2.75) is 48.1 Å². The van der Waals surface area contributed by atoms with E-state index in [1.165, 1.54) is 0 Å². The van der Waals surface area contributed by atoms with Crippen molar-refractivity contribution in [1.82, 2.24) is 5.16 Å². The predicted molar refractivity (Wildman–Crippen MR) is 136 cm³/mol. The first kappa shape index (κ1) is 25.5. The van der Waals surface area contributed by atoms with Gasteiger partial charge in [-0.2, -0.15) is 0 Å². The van der Waals surface area contributed by atoms with Crippen molar-refractivity contribution >= 4 is 7.82 Å². The lowest BCUT2D eigenvalue weighted by Crippen LogP contribution is -2.28. The van der Waals surface area contributed by atoms with Crippen molar-refractivity contribution in [2.75, 3.05) is 0 Å². The Morgan fingerprint density at radius 3 is 1.78 bits per heavy atom. The molecule has 0 saturated carbocycles. The number of phosphoric acid groups is 1. The Bertz CT molecular complexity index is 1340. The van der Waals surface area contributed by atoms with Gasteiger partial charge in [0.15, 0.2) is 0 Å². The summed E-state index contributed by atoms with van der Waals surface area (Å²) in [4.78, 5) is 0.234. The minimum atomic E-state index is -4.30. The van der Waals surface area contributed by atoms with Gasteiger partial charge in [0.2, 0.25) is 5.69 Å². The van der Waals surface area contributed by atoms with Crippen LogP contribution in [0.5, 0.6) is 11.5 Å². The predicted octanol–water partition coefficient (Wildman–Crippen LogP) is 6.61. The van der Waals surface area contributed by atoms with E-state index in [1.807, 2.05) is 84.0 Å². The van der Waals surface area contributed by atoms with Gasteiger partial charge in [0.1, 0.15) is 18.1 Å². The van der Waals surface area contributed by atoms with E-state index in [4.69, 9.17) is 18.2 Å². The minimum Gasteiger partial charge on any atom is -0.394 e. The van der Waals surface area contributed by atoms with E-state index in [0.717, 1.165) is 33.4 Å². The van der Waals surface area contributed by atoms with Gasteiger partial charge >= 0.3 is 7.82 Å².